The van der Waals surface area contributed by atoms with Crippen molar-refractivity contribution in [3.8, 4) is 0 Å². The van der Waals surface area contributed by atoms with Crippen molar-refractivity contribution in [2.45, 2.75) is 64.5 Å². The summed E-state index contributed by atoms with van der Waals surface area (Å²) < 4.78 is 1.78. The van der Waals surface area contributed by atoms with E-state index >= 15 is 0 Å². The lowest BCUT2D eigenvalue weighted by atomic mass is 10.0. The lowest BCUT2D eigenvalue weighted by molar-refractivity contribution is -0.134. The molecule has 8 nitrogen and oxygen atoms in total. The average molecular weight is 466 g/mol. The van der Waals surface area contributed by atoms with E-state index in [1.807, 2.05) is 37.1 Å². The number of aryl methyl sites for hydroxylation is 2. The fraction of sp³-hybridized carbons (Fsp3) is 0.538. The highest BCUT2D eigenvalue weighted by molar-refractivity contribution is 5.94. The molecule has 0 aliphatic carbocycles. The maximum atomic E-state index is 13.0. The Labute approximate surface area is 201 Å². The molecule has 0 radical (unpaired) electrons. The number of nitrogens with one attached hydrogen (secondary N) is 1. The van der Waals surface area contributed by atoms with Crippen LogP contribution < -0.4 is 5.32 Å². The summed E-state index contributed by atoms with van der Waals surface area (Å²) in [5, 5.41) is 7.51. The van der Waals surface area contributed by atoms with Crippen molar-refractivity contribution in [3.63, 3.8) is 0 Å². The number of rotatable bonds is 8. The molecule has 2 aromatic rings. The number of carbonyl (C=O) groups excluding carboxylic acids is 3. The minimum absolute atomic E-state index is 0.0347. The molecule has 1 N–H and O–H groups in total. The topological polar surface area (TPSA) is 87.5 Å². The van der Waals surface area contributed by atoms with Gasteiger partial charge in [-0.05, 0) is 38.2 Å². The fourth-order valence-electron chi connectivity index (χ4n) is 4.87. The van der Waals surface area contributed by atoms with Gasteiger partial charge in [0.2, 0.25) is 11.8 Å². The zero-order valence-corrected chi connectivity index (χ0v) is 20.3. The van der Waals surface area contributed by atoms with E-state index in [0.717, 1.165) is 50.0 Å². The first kappa shape index (κ1) is 24.0. The van der Waals surface area contributed by atoms with Crippen molar-refractivity contribution in [2.75, 3.05) is 19.6 Å². The van der Waals surface area contributed by atoms with E-state index in [1.54, 1.807) is 9.58 Å². The van der Waals surface area contributed by atoms with Crippen LogP contribution in [0.15, 0.2) is 30.3 Å². The van der Waals surface area contributed by atoms with Crippen molar-refractivity contribution in [1.82, 2.24) is 24.9 Å². The minimum atomic E-state index is -0.0992. The molecule has 34 heavy (non-hydrogen) atoms. The van der Waals surface area contributed by atoms with Gasteiger partial charge in [0.25, 0.3) is 5.91 Å². The van der Waals surface area contributed by atoms with Gasteiger partial charge in [0.05, 0.1) is 0 Å². The molecule has 1 saturated heterocycles. The predicted molar refractivity (Wildman–Crippen MR) is 129 cm³/mol. The third-order valence-electron chi connectivity index (χ3n) is 6.87. The number of aromatic nitrogens is 2. The van der Waals surface area contributed by atoms with E-state index in [4.69, 9.17) is 0 Å². The van der Waals surface area contributed by atoms with Gasteiger partial charge in [-0.25, -0.2) is 0 Å². The molecule has 1 fully saturated rings. The molecule has 0 bridgehead atoms. The molecule has 2 aliphatic rings. The SMILES string of the molecule is CC(CCc1ccccc1)NC(=O)CCC(=O)N1CCc2c(c(C(=O)N3CCCC3)nn2C)C1. The number of benzene rings is 1. The molecule has 182 valence electrons. The van der Waals surface area contributed by atoms with E-state index in [1.165, 1.54) is 5.56 Å². The van der Waals surface area contributed by atoms with E-state index < -0.39 is 0 Å². The van der Waals surface area contributed by atoms with Gasteiger partial charge in [0, 0.05) is 69.8 Å². The van der Waals surface area contributed by atoms with Crippen LogP contribution in [0.4, 0.5) is 0 Å². The number of hydrogen-bond acceptors (Lipinski definition) is 4. The fourth-order valence-corrected chi connectivity index (χ4v) is 4.87. The van der Waals surface area contributed by atoms with Crippen LogP contribution in [0.2, 0.25) is 0 Å². The molecule has 2 aliphatic heterocycles. The van der Waals surface area contributed by atoms with Gasteiger partial charge in [-0.1, -0.05) is 30.3 Å². The van der Waals surface area contributed by atoms with Crippen LogP contribution in [0, 0.1) is 0 Å². The molecule has 1 aromatic carbocycles. The van der Waals surface area contributed by atoms with Crippen LogP contribution in [-0.2, 0) is 36.0 Å². The number of carbonyl (C=O) groups is 3. The Balaban J connectivity index is 1.27. The molecule has 1 atom stereocenters. The van der Waals surface area contributed by atoms with E-state index in [2.05, 4.69) is 22.5 Å². The summed E-state index contributed by atoms with van der Waals surface area (Å²) in [4.78, 5) is 41.9. The lowest BCUT2D eigenvalue weighted by Gasteiger charge is -2.28. The van der Waals surface area contributed by atoms with Crippen molar-refractivity contribution < 1.29 is 14.4 Å². The minimum Gasteiger partial charge on any atom is -0.354 e. The highest BCUT2D eigenvalue weighted by atomic mass is 16.2. The van der Waals surface area contributed by atoms with Crippen LogP contribution in [0.25, 0.3) is 0 Å². The van der Waals surface area contributed by atoms with Crippen LogP contribution in [0.5, 0.6) is 0 Å². The molecule has 0 spiro atoms. The van der Waals surface area contributed by atoms with Crippen LogP contribution in [0.3, 0.4) is 0 Å². The number of hydrogen-bond donors (Lipinski definition) is 1. The highest BCUT2D eigenvalue weighted by Gasteiger charge is 2.32. The normalized spacial score (nSPS) is 16.3. The molecular weight excluding hydrogens is 430 g/mol. The quantitative estimate of drug-likeness (QED) is 0.649. The van der Waals surface area contributed by atoms with Gasteiger partial charge in [0.15, 0.2) is 5.69 Å². The summed E-state index contributed by atoms with van der Waals surface area (Å²) in [5.74, 6) is -0.188. The van der Waals surface area contributed by atoms with Gasteiger partial charge < -0.3 is 15.1 Å². The summed E-state index contributed by atoms with van der Waals surface area (Å²) in [6, 6.07) is 10.3. The predicted octanol–water partition coefficient (Wildman–Crippen LogP) is 2.46. The van der Waals surface area contributed by atoms with Crippen molar-refractivity contribution in [2.24, 2.45) is 7.05 Å². The molecule has 1 unspecified atom stereocenters. The molecule has 1 aromatic heterocycles. The number of fused-ring (bicyclic) bond motifs is 1. The summed E-state index contributed by atoms with van der Waals surface area (Å²) in [5.41, 5.74) is 3.61. The van der Waals surface area contributed by atoms with Gasteiger partial charge in [-0.2, -0.15) is 5.10 Å². The smallest absolute Gasteiger partial charge is 0.274 e. The first-order valence-corrected chi connectivity index (χ1v) is 12.4. The largest absolute Gasteiger partial charge is 0.354 e. The van der Waals surface area contributed by atoms with Crippen LogP contribution in [-0.4, -0.2) is 63.0 Å². The Kier molecular flexibility index (Phi) is 7.65. The summed E-state index contributed by atoms with van der Waals surface area (Å²) in [7, 11) is 1.86. The van der Waals surface area contributed by atoms with Gasteiger partial charge in [-0.15, -0.1) is 0 Å². The molecule has 4 rings (SSSR count). The van der Waals surface area contributed by atoms with Crippen molar-refractivity contribution in [3.05, 3.63) is 52.8 Å². The maximum absolute atomic E-state index is 13.0. The van der Waals surface area contributed by atoms with Crippen LogP contribution in [0.1, 0.15) is 66.3 Å². The number of amides is 3. The lowest BCUT2D eigenvalue weighted by Crippen LogP contribution is -2.38. The summed E-state index contributed by atoms with van der Waals surface area (Å²) >= 11 is 0. The zero-order valence-electron chi connectivity index (χ0n) is 20.3. The van der Waals surface area contributed by atoms with Crippen molar-refractivity contribution in [1.29, 1.82) is 0 Å². The van der Waals surface area contributed by atoms with Gasteiger partial charge >= 0.3 is 0 Å². The third kappa shape index (κ3) is 5.66. The molecule has 8 heteroatoms. The Bertz CT molecular complexity index is 1030. The summed E-state index contributed by atoms with van der Waals surface area (Å²) in [6.07, 6.45) is 4.82. The Morgan fingerprint density at radius 1 is 1.03 bits per heavy atom. The van der Waals surface area contributed by atoms with Gasteiger partial charge in [0.1, 0.15) is 0 Å². The van der Waals surface area contributed by atoms with Gasteiger partial charge in [-0.3, -0.25) is 19.1 Å². The first-order chi connectivity index (χ1) is 16.4. The van der Waals surface area contributed by atoms with E-state index in [9.17, 15) is 14.4 Å². The molecule has 0 saturated carbocycles. The third-order valence-corrected chi connectivity index (χ3v) is 6.87. The molecule has 3 heterocycles. The maximum Gasteiger partial charge on any atom is 0.274 e. The zero-order chi connectivity index (χ0) is 24.1. The van der Waals surface area contributed by atoms with Crippen LogP contribution >= 0.6 is 0 Å². The summed E-state index contributed by atoms with van der Waals surface area (Å²) in [6.45, 7) is 4.50. The molecule has 3 amide bonds. The second kappa shape index (κ2) is 10.8. The average Bonchev–Trinajstić information content (AvgIpc) is 3.50. The molecular formula is C26H35N5O3. The highest BCUT2D eigenvalue weighted by Crippen LogP contribution is 2.25. The Hall–Kier alpha value is -3.16. The van der Waals surface area contributed by atoms with E-state index in [0.29, 0.717) is 25.2 Å². The second-order valence-corrected chi connectivity index (χ2v) is 9.45. The standard InChI is InChI=1S/C26H35N5O3/c1-19(10-11-20-8-4-3-5-9-20)27-23(32)12-13-24(33)31-17-14-22-21(18-31)25(28-29(22)2)26(34)30-15-6-7-16-30/h3-5,8-9,19H,6-7,10-18H2,1-2H3,(H,27,32). The van der Waals surface area contributed by atoms with Crippen molar-refractivity contribution >= 4 is 17.7 Å². The first-order valence-electron chi connectivity index (χ1n) is 12.4. The number of nitrogens with zero attached hydrogens (tertiary/aromatic N) is 4. The number of likely N-dealkylation sites (tertiary alicyclic amines) is 1. The van der Waals surface area contributed by atoms with E-state index in [-0.39, 0.29) is 36.6 Å². The monoisotopic (exact) mass is 465 g/mol. The Morgan fingerprint density at radius 3 is 2.50 bits per heavy atom. The second-order valence-electron chi connectivity index (χ2n) is 9.45. The Morgan fingerprint density at radius 2 is 1.76 bits per heavy atom.